The molecule has 3 rings (SSSR count). The summed E-state index contributed by atoms with van der Waals surface area (Å²) >= 11 is 0. The van der Waals surface area contributed by atoms with Gasteiger partial charge in [-0.25, -0.2) is 4.98 Å². The number of aromatic nitrogens is 1. The van der Waals surface area contributed by atoms with Gasteiger partial charge in [0.25, 0.3) is 5.91 Å². The van der Waals surface area contributed by atoms with Crippen LogP contribution in [0.2, 0.25) is 0 Å². The molecule has 2 aromatic carbocycles. The van der Waals surface area contributed by atoms with Crippen LogP contribution in [-0.4, -0.2) is 35.8 Å². The second-order valence-corrected chi connectivity index (χ2v) is 6.39. The minimum absolute atomic E-state index is 0.0913. The Morgan fingerprint density at radius 3 is 2.52 bits per heavy atom. The fourth-order valence-electron chi connectivity index (χ4n) is 2.64. The molecule has 0 bridgehead atoms. The molecule has 27 heavy (non-hydrogen) atoms. The molecule has 1 heterocycles. The van der Waals surface area contributed by atoms with Gasteiger partial charge in [0.1, 0.15) is 5.76 Å². The zero-order chi connectivity index (χ0) is 19.4. The maximum absolute atomic E-state index is 12.4. The first-order valence-corrected chi connectivity index (χ1v) is 8.57. The molecule has 6 nitrogen and oxygen atoms in total. The van der Waals surface area contributed by atoms with Gasteiger partial charge in [-0.05, 0) is 37.3 Å². The molecule has 6 heteroatoms. The zero-order valence-electron chi connectivity index (χ0n) is 15.5. The van der Waals surface area contributed by atoms with E-state index in [-0.39, 0.29) is 18.2 Å². The normalized spacial score (nSPS) is 10.5. The lowest BCUT2D eigenvalue weighted by molar-refractivity contribution is -0.115. The molecule has 0 saturated heterocycles. The summed E-state index contributed by atoms with van der Waals surface area (Å²) < 4.78 is 5.69. The van der Waals surface area contributed by atoms with Gasteiger partial charge >= 0.3 is 0 Å². The Kier molecular flexibility index (Phi) is 5.35. The van der Waals surface area contributed by atoms with E-state index in [4.69, 9.17) is 4.42 Å². The molecule has 0 radical (unpaired) electrons. The number of anilines is 1. The summed E-state index contributed by atoms with van der Waals surface area (Å²) in [6, 6.07) is 16.4. The summed E-state index contributed by atoms with van der Waals surface area (Å²) in [5.74, 6) is 0.765. The summed E-state index contributed by atoms with van der Waals surface area (Å²) in [6.45, 7) is 1.79. The Morgan fingerprint density at radius 1 is 1.07 bits per heavy atom. The fraction of sp³-hybridized carbons (Fsp3) is 0.190. The van der Waals surface area contributed by atoms with Gasteiger partial charge in [0.15, 0.2) is 0 Å². The lowest BCUT2D eigenvalue weighted by Crippen LogP contribution is -2.22. The van der Waals surface area contributed by atoms with E-state index < -0.39 is 0 Å². The van der Waals surface area contributed by atoms with E-state index in [0.29, 0.717) is 28.6 Å². The average Bonchev–Trinajstić information content (AvgIpc) is 3.02. The predicted octanol–water partition coefficient (Wildman–Crippen LogP) is 3.53. The molecule has 1 N–H and O–H groups in total. The first-order valence-electron chi connectivity index (χ1n) is 8.57. The highest BCUT2D eigenvalue weighted by atomic mass is 16.4. The van der Waals surface area contributed by atoms with Crippen LogP contribution < -0.4 is 5.32 Å². The van der Waals surface area contributed by atoms with Gasteiger partial charge in [0.05, 0.1) is 12.1 Å². The number of nitrogens with one attached hydrogen (secondary N) is 1. The van der Waals surface area contributed by atoms with Crippen LogP contribution in [0.4, 0.5) is 5.69 Å². The van der Waals surface area contributed by atoms with Crippen LogP contribution in [0.3, 0.4) is 0 Å². The van der Waals surface area contributed by atoms with Crippen LogP contribution in [0.1, 0.15) is 21.8 Å². The maximum atomic E-state index is 12.4. The molecular weight excluding hydrogens is 342 g/mol. The molecule has 0 atom stereocenters. The number of carbonyl (C=O) groups is 2. The molecular formula is C21H21N3O3. The first kappa shape index (κ1) is 18.4. The molecule has 0 saturated carbocycles. The van der Waals surface area contributed by atoms with Gasteiger partial charge in [0, 0.05) is 30.9 Å². The highest BCUT2D eigenvalue weighted by molar-refractivity contribution is 5.97. The van der Waals surface area contributed by atoms with Crippen LogP contribution in [0.25, 0.3) is 11.5 Å². The Bertz CT molecular complexity index is 962. The number of benzene rings is 2. The SMILES string of the molecule is Cc1oc(-c2ccccc2)nc1CC(=O)Nc1cccc(C(=O)N(C)C)c1. The van der Waals surface area contributed by atoms with E-state index in [1.54, 1.807) is 45.3 Å². The molecule has 0 unspecified atom stereocenters. The standard InChI is InChI=1S/C21H21N3O3/c1-14-18(23-20(27-14)15-8-5-4-6-9-15)13-19(25)22-17-11-7-10-16(12-17)21(26)24(2)3/h4-12H,13H2,1-3H3,(H,22,25). The number of nitrogens with zero attached hydrogens (tertiary/aromatic N) is 2. The van der Waals surface area contributed by atoms with E-state index in [1.807, 2.05) is 30.3 Å². The smallest absolute Gasteiger partial charge is 0.253 e. The van der Waals surface area contributed by atoms with Crippen LogP contribution in [-0.2, 0) is 11.2 Å². The highest BCUT2D eigenvalue weighted by Gasteiger charge is 2.15. The number of amides is 2. The Balaban J connectivity index is 1.71. The molecule has 0 fully saturated rings. The molecule has 3 aromatic rings. The molecule has 0 aliphatic rings. The van der Waals surface area contributed by atoms with Crippen molar-refractivity contribution in [1.29, 1.82) is 0 Å². The van der Waals surface area contributed by atoms with Crippen molar-refractivity contribution in [2.75, 3.05) is 19.4 Å². The van der Waals surface area contributed by atoms with Gasteiger partial charge in [-0.15, -0.1) is 0 Å². The second-order valence-electron chi connectivity index (χ2n) is 6.39. The zero-order valence-corrected chi connectivity index (χ0v) is 15.5. The maximum Gasteiger partial charge on any atom is 0.253 e. The lowest BCUT2D eigenvalue weighted by atomic mass is 10.1. The monoisotopic (exact) mass is 363 g/mol. The highest BCUT2D eigenvalue weighted by Crippen LogP contribution is 2.22. The van der Waals surface area contributed by atoms with Crippen LogP contribution in [0, 0.1) is 6.92 Å². The third kappa shape index (κ3) is 4.41. The topological polar surface area (TPSA) is 75.4 Å². The lowest BCUT2D eigenvalue weighted by Gasteiger charge is -2.11. The number of hydrogen-bond acceptors (Lipinski definition) is 4. The molecule has 0 aliphatic carbocycles. The van der Waals surface area contributed by atoms with E-state index >= 15 is 0 Å². The van der Waals surface area contributed by atoms with Crippen LogP contribution in [0.15, 0.2) is 59.0 Å². The Morgan fingerprint density at radius 2 is 1.81 bits per heavy atom. The number of rotatable bonds is 5. The van der Waals surface area contributed by atoms with Crippen LogP contribution >= 0.6 is 0 Å². The van der Waals surface area contributed by atoms with Gasteiger partial charge in [-0.1, -0.05) is 24.3 Å². The summed E-state index contributed by atoms with van der Waals surface area (Å²) in [7, 11) is 3.37. The largest absolute Gasteiger partial charge is 0.441 e. The van der Waals surface area contributed by atoms with Gasteiger partial charge < -0.3 is 14.6 Å². The summed E-state index contributed by atoms with van der Waals surface area (Å²) in [5, 5.41) is 2.81. The van der Waals surface area contributed by atoms with E-state index in [1.165, 1.54) is 4.90 Å². The minimum atomic E-state index is -0.222. The number of carbonyl (C=O) groups excluding carboxylic acids is 2. The first-order chi connectivity index (χ1) is 12.9. The summed E-state index contributed by atoms with van der Waals surface area (Å²) in [4.78, 5) is 30.4. The van der Waals surface area contributed by atoms with Crippen molar-refractivity contribution in [2.24, 2.45) is 0 Å². The van der Waals surface area contributed by atoms with Crippen molar-refractivity contribution in [1.82, 2.24) is 9.88 Å². The Hall–Kier alpha value is -3.41. The summed E-state index contributed by atoms with van der Waals surface area (Å²) in [5.41, 5.74) is 2.54. The fourth-order valence-corrected chi connectivity index (χ4v) is 2.64. The Labute approximate surface area is 157 Å². The predicted molar refractivity (Wildman–Crippen MR) is 103 cm³/mol. The summed E-state index contributed by atoms with van der Waals surface area (Å²) in [6.07, 6.45) is 0.0913. The molecule has 1 aromatic heterocycles. The average molecular weight is 363 g/mol. The van der Waals surface area contributed by atoms with Crippen molar-refractivity contribution in [3.63, 3.8) is 0 Å². The number of oxazole rings is 1. The van der Waals surface area contributed by atoms with Crippen molar-refractivity contribution in [3.05, 3.63) is 71.6 Å². The quantitative estimate of drug-likeness (QED) is 0.752. The van der Waals surface area contributed by atoms with Crippen molar-refractivity contribution in [3.8, 4) is 11.5 Å². The molecule has 0 spiro atoms. The third-order valence-corrected chi connectivity index (χ3v) is 4.04. The minimum Gasteiger partial charge on any atom is -0.441 e. The number of hydrogen-bond donors (Lipinski definition) is 1. The third-order valence-electron chi connectivity index (χ3n) is 4.04. The molecule has 138 valence electrons. The van der Waals surface area contributed by atoms with Crippen LogP contribution in [0.5, 0.6) is 0 Å². The van der Waals surface area contributed by atoms with Crippen molar-refractivity contribution < 1.29 is 14.0 Å². The van der Waals surface area contributed by atoms with E-state index in [0.717, 1.165) is 5.56 Å². The molecule has 2 amide bonds. The number of aryl methyl sites for hydroxylation is 1. The molecule has 0 aliphatic heterocycles. The van der Waals surface area contributed by atoms with Crippen molar-refractivity contribution in [2.45, 2.75) is 13.3 Å². The van der Waals surface area contributed by atoms with Gasteiger partial charge in [0.2, 0.25) is 11.8 Å². The van der Waals surface area contributed by atoms with E-state index in [2.05, 4.69) is 10.3 Å². The van der Waals surface area contributed by atoms with Gasteiger partial charge in [-0.3, -0.25) is 9.59 Å². The van der Waals surface area contributed by atoms with E-state index in [9.17, 15) is 9.59 Å². The second kappa shape index (κ2) is 7.86. The van der Waals surface area contributed by atoms with Gasteiger partial charge in [-0.2, -0.15) is 0 Å². The van der Waals surface area contributed by atoms with Crippen molar-refractivity contribution >= 4 is 17.5 Å².